The fourth-order valence-corrected chi connectivity index (χ4v) is 5.38. The maximum atomic E-state index is 12.9. The van der Waals surface area contributed by atoms with Crippen LogP contribution in [-0.4, -0.2) is 43.1 Å². The van der Waals surface area contributed by atoms with Crippen LogP contribution in [0.5, 0.6) is 5.75 Å². The highest BCUT2D eigenvalue weighted by Crippen LogP contribution is 2.32. The lowest BCUT2D eigenvalue weighted by molar-refractivity contribution is 0.316. The number of nitrogens with zero attached hydrogens (tertiary/aromatic N) is 2. The van der Waals surface area contributed by atoms with Gasteiger partial charge >= 0.3 is 0 Å². The van der Waals surface area contributed by atoms with Gasteiger partial charge in [-0.1, -0.05) is 24.3 Å². The van der Waals surface area contributed by atoms with E-state index in [2.05, 4.69) is 16.3 Å². The molecule has 1 fully saturated rings. The Morgan fingerprint density at radius 1 is 1.07 bits per heavy atom. The Kier molecular flexibility index (Phi) is 5.43. The molecule has 1 aromatic heterocycles. The minimum Gasteiger partial charge on any atom is -0.497 e. The SMILES string of the molecule is COc1cccc(-c2cc(C3CCN(S(=O)(=O)c4cccc(C)c4)CC3)[nH]n2)c1. The van der Waals surface area contributed by atoms with Gasteiger partial charge < -0.3 is 4.74 Å². The van der Waals surface area contributed by atoms with E-state index in [1.807, 2.05) is 37.3 Å². The van der Waals surface area contributed by atoms with Gasteiger partial charge in [-0.2, -0.15) is 9.40 Å². The summed E-state index contributed by atoms with van der Waals surface area (Å²) < 4.78 is 32.7. The molecule has 6 nitrogen and oxygen atoms in total. The first kappa shape index (κ1) is 19.7. The lowest BCUT2D eigenvalue weighted by atomic mass is 9.94. The molecule has 0 aliphatic carbocycles. The van der Waals surface area contributed by atoms with Crippen molar-refractivity contribution in [1.29, 1.82) is 0 Å². The number of ether oxygens (including phenoxy) is 1. The summed E-state index contributed by atoms with van der Waals surface area (Å²) in [6, 6.07) is 17.0. The summed E-state index contributed by atoms with van der Waals surface area (Å²) in [5.74, 6) is 1.06. The minimum absolute atomic E-state index is 0.269. The first-order chi connectivity index (χ1) is 14.0. The Balaban J connectivity index is 1.46. The number of nitrogens with one attached hydrogen (secondary N) is 1. The molecule has 3 aromatic rings. The lowest BCUT2D eigenvalue weighted by Crippen LogP contribution is -2.38. The quantitative estimate of drug-likeness (QED) is 0.689. The fraction of sp³-hybridized carbons (Fsp3) is 0.318. The summed E-state index contributed by atoms with van der Waals surface area (Å²) in [4.78, 5) is 0.373. The fourth-order valence-electron chi connectivity index (χ4n) is 3.81. The first-order valence-corrected chi connectivity index (χ1v) is 11.2. The van der Waals surface area contributed by atoms with Crippen molar-refractivity contribution in [3.8, 4) is 17.0 Å². The average molecular weight is 412 g/mol. The zero-order valence-electron chi connectivity index (χ0n) is 16.6. The van der Waals surface area contributed by atoms with Crippen molar-refractivity contribution in [2.45, 2.75) is 30.6 Å². The van der Waals surface area contributed by atoms with Crippen molar-refractivity contribution in [2.24, 2.45) is 0 Å². The number of hydrogen-bond donors (Lipinski definition) is 1. The molecule has 2 aromatic carbocycles. The van der Waals surface area contributed by atoms with Crippen LogP contribution in [0.3, 0.4) is 0 Å². The Labute approximate surface area is 171 Å². The lowest BCUT2D eigenvalue weighted by Gasteiger charge is -2.30. The molecule has 7 heteroatoms. The van der Waals surface area contributed by atoms with Gasteiger partial charge in [-0.05, 0) is 55.7 Å². The predicted octanol–water partition coefficient (Wildman–Crippen LogP) is 3.96. The van der Waals surface area contributed by atoms with Crippen LogP contribution in [0.4, 0.5) is 0 Å². The van der Waals surface area contributed by atoms with Gasteiger partial charge in [0.15, 0.2) is 0 Å². The number of methoxy groups -OCH3 is 1. The molecule has 29 heavy (non-hydrogen) atoms. The number of hydrogen-bond acceptors (Lipinski definition) is 4. The normalized spacial score (nSPS) is 16.1. The van der Waals surface area contributed by atoms with E-state index >= 15 is 0 Å². The van der Waals surface area contributed by atoms with Crippen molar-refractivity contribution in [3.05, 3.63) is 65.9 Å². The number of aromatic amines is 1. The molecular weight excluding hydrogens is 386 g/mol. The van der Waals surface area contributed by atoms with E-state index in [4.69, 9.17) is 4.74 Å². The topological polar surface area (TPSA) is 75.3 Å². The molecule has 0 atom stereocenters. The zero-order valence-corrected chi connectivity index (χ0v) is 17.4. The standard InChI is InChI=1S/C22H25N3O3S/c1-16-5-3-8-20(13-16)29(26,27)25-11-9-17(10-12-25)21-15-22(24-23-21)18-6-4-7-19(14-18)28-2/h3-8,13-15,17H,9-12H2,1-2H3,(H,23,24). The van der Waals surface area contributed by atoms with Gasteiger partial charge in [-0.3, -0.25) is 5.10 Å². The molecule has 1 saturated heterocycles. The number of aromatic nitrogens is 2. The Morgan fingerprint density at radius 2 is 1.83 bits per heavy atom. The number of benzene rings is 2. The number of aryl methyl sites for hydroxylation is 1. The van der Waals surface area contributed by atoms with Crippen molar-refractivity contribution >= 4 is 10.0 Å². The number of H-pyrrole nitrogens is 1. The summed E-state index contributed by atoms with van der Waals surface area (Å²) in [6.07, 6.45) is 1.54. The van der Waals surface area contributed by atoms with E-state index in [9.17, 15) is 8.42 Å². The van der Waals surface area contributed by atoms with E-state index in [1.54, 1.807) is 29.6 Å². The van der Waals surface area contributed by atoms with Crippen LogP contribution >= 0.6 is 0 Å². The molecule has 0 bridgehead atoms. The third-order valence-electron chi connectivity index (χ3n) is 5.48. The Bertz CT molecular complexity index is 1100. The minimum atomic E-state index is -3.44. The van der Waals surface area contributed by atoms with E-state index in [1.165, 1.54) is 0 Å². The second-order valence-electron chi connectivity index (χ2n) is 7.44. The monoisotopic (exact) mass is 411 g/mol. The molecular formula is C22H25N3O3S. The molecule has 0 spiro atoms. The smallest absolute Gasteiger partial charge is 0.243 e. The van der Waals surface area contributed by atoms with E-state index < -0.39 is 10.0 Å². The van der Waals surface area contributed by atoms with Gasteiger partial charge in [0.05, 0.1) is 17.7 Å². The van der Waals surface area contributed by atoms with E-state index in [0.717, 1.165) is 41.1 Å². The molecule has 0 radical (unpaired) electrons. The molecule has 1 aliphatic heterocycles. The van der Waals surface area contributed by atoms with Gasteiger partial charge in [0.25, 0.3) is 0 Å². The summed E-state index contributed by atoms with van der Waals surface area (Å²) >= 11 is 0. The molecule has 0 saturated carbocycles. The largest absolute Gasteiger partial charge is 0.497 e. The van der Waals surface area contributed by atoms with E-state index in [-0.39, 0.29) is 5.92 Å². The molecule has 1 aliphatic rings. The Hall–Kier alpha value is -2.64. The number of sulfonamides is 1. The van der Waals surface area contributed by atoms with Crippen LogP contribution < -0.4 is 4.74 Å². The molecule has 1 N–H and O–H groups in total. The van der Waals surface area contributed by atoms with Crippen molar-refractivity contribution in [1.82, 2.24) is 14.5 Å². The third kappa shape index (κ3) is 4.06. The first-order valence-electron chi connectivity index (χ1n) is 9.74. The molecule has 0 amide bonds. The number of rotatable bonds is 5. The van der Waals surface area contributed by atoms with E-state index in [0.29, 0.717) is 18.0 Å². The molecule has 0 unspecified atom stereocenters. The maximum absolute atomic E-state index is 12.9. The van der Waals surface area contributed by atoms with Crippen molar-refractivity contribution in [3.63, 3.8) is 0 Å². The second kappa shape index (κ2) is 8.00. The second-order valence-corrected chi connectivity index (χ2v) is 9.37. The van der Waals surface area contributed by atoms with Crippen LogP contribution in [0.2, 0.25) is 0 Å². The van der Waals surface area contributed by atoms with Crippen molar-refractivity contribution < 1.29 is 13.2 Å². The highest BCUT2D eigenvalue weighted by Gasteiger charge is 2.30. The van der Waals surface area contributed by atoms with Gasteiger partial charge in [-0.25, -0.2) is 8.42 Å². The maximum Gasteiger partial charge on any atom is 0.243 e. The van der Waals surface area contributed by atoms with Gasteiger partial charge in [0.2, 0.25) is 10.0 Å². The predicted molar refractivity (Wildman–Crippen MR) is 112 cm³/mol. The molecule has 4 rings (SSSR count). The molecule has 152 valence electrons. The molecule has 2 heterocycles. The van der Waals surface area contributed by atoms with Crippen LogP contribution in [-0.2, 0) is 10.0 Å². The van der Waals surface area contributed by atoms with Crippen LogP contribution in [0.25, 0.3) is 11.3 Å². The third-order valence-corrected chi connectivity index (χ3v) is 7.38. The van der Waals surface area contributed by atoms with Gasteiger partial charge in [-0.15, -0.1) is 0 Å². The van der Waals surface area contributed by atoms with Crippen molar-refractivity contribution in [2.75, 3.05) is 20.2 Å². The Morgan fingerprint density at radius 3 is 2.55 bits per heavy atom. The van der Waals surface area contributed by atoms with Gasteiger partial charge in [0.1, 0.15) is 5.75 Å². The van der Waals surface area contributed by atoms with Gasteiger partial charge in [0, 0.05) is 30.3 Å². The summed E-state index contributed by atoms with van der Waals surface area (Å²) in [6.45, 7) is 2.92. The number of piperidine rings is 1. The summed E-state index contributed by atoms with van der Waals surface area (Å²) in [5, 5.41) is 7.60. The van der Waals surface area contributed by atoms with Crippen LogP contribution in [0.15, 0.2) is 59.5 Å². The highest BCUT2D eigenvalue weighted by atomic mass is 32.2. The van der Waals surface area contributed by atoms with Crippen LogP contribution in [0.1, 0.15) is 30.0 Å². The summed E-state index contributed by atoms with van der Waals surface area (Å²) in [5.41, 5.74) is 3.86. The summed E-state index contributed by atoms with van der Waals surface area (Å²) in [7, 11) is -1.80. The highest BCUT2D eigenvalue weighted by molar-refractivity contribution is 7.89. The average Bonchev–Trinajstić information content (AvgIpc) is 3.24. The zero-order chi connectivity index (χ0) is 20.4. The van der Waals surface area contributed by atoms with Crippen LogP contribution in [0, 0.1) is 6.92 Å².